The summed E-state index contributed by atoms with van der Waals surface area (Å²) in [6.07, 6.45) is 1.79. The number of hydrogen-bond acceptors (Lipinski definition) is 6. The summed E-state index contributed by atoms with van der Waals surface area (Å²) in [5.41, 5.74) is 2.81. The third-order valence-corrected chi connectivity index (χ3v) is 4.53. The molecule has 0 saturated carbocycles. The zero-order valence-electron chi connectivity index (χ0n) is 18.8. The summed E-state index contributed by atoms with van der Waals surface area (Å²) in [6, 6.07) is 13.7. The van der Waals surface area contributed by atoms with Gasteiger partial charge in [0.15, 0.2) is 23.3 Å². The van der Waals surface area contributed by atoms with Crippen molar-refractivity contribution in [1.29, 1.82) is 0 Å². The maximum Gasteiger partial charge on any atom is 0.257 e. The van der Waals surface area contributed by atoms with Gasteiger partial charge in [-0.25, -0.2) is 0 Å². The van der Waals surface area contributed by atoms with Crippen molar-refractivity contribution >= 4 is 35.6 Å². The van der Waals surface area contributed by atoms with Crippen molar-refractivity contribution < 1.29 is 14.0 Å². The van der Waals surface area contributed by atoms with Gasteiger partial charge in [0.2, 0.25) is 0 Å². The van der Waals surface area contributed by atoms with E-state index in [0.717, 1.165) is 35.5 Å². The third-order valence-electron chi connectivity index (χ3n) is 4.53. The lowest BCUT2D eigenvalue weighted by Crippen LogP contribution is -2.30. The smallest absolute Gasteiger partial charge is 0.257 e. The first-order valence-electron chi connectivity index (χ1n) is 10.4. The summed E-state index contributed by atoms with van der Waals surface area (Å²) < 4.78 is 16.4. The highest BCUT2D eigenvalue weighted by Gasteiger charge is 2.10. The lowest BCUT2D eigenvalue weighted by Gasteiger charge is -2.15. The molecule has 172 valence electrons. The number of hydrogen-bond donors (Lipinski definition) is 2. The Bertz CT molecular complexity index is 1020. The molecule has 8 nitrogen and oxygen atoms in total. The maximum atomic E-state index is 5.64. The molecule has 0 amide bonds. The molecule has 3 rings (SSSR count). The number of halogens is 1. The van der Waals surface area contributed by atoms with Crippen LogP contribution in [0.25, 0.3) is 11.5 Å². The molecular formula is C23H30IN5O3. The number of methoxy groups -OCH3 is 1. The number of guanidine groups is 1. The molecule has 0 bridgehead atoms. The second kappa shape index (κ2) is 12.9. The van der Waals surface area contributed by atoms with Gasteiger partial charge in [-0.2, -0.15) is 4.98 Å². The lowest BCUT2D eigenvalue weighted by atomic mass is 10.1. The van der Waals surface area contributed by atoms with Crippen LogP contribution in [-0.2, 0) is 13.0 Å². The summed E-state index contributed by atoms with van der Waals surface area (Å²) in [5, 5.41) is 10.6. The van der Waals surface area contributed by atoms with Gasteiger partial charge in [-0.3, -0.25) is 4.99 Å². The van der Waals surface area contributed by atoms with E-state index in [4.69, 9.17) is 14.0 Å². The molecule has 0 aliphatic carbocycles. The van der Waals surface area contributed by atoms with Gasteiger partial charge >= 0.3 is 0 Å². The Morgan fingerprint density at radius 1 is 1.12 bits per heavy atom. The Labute approximate surface area is 205 Å². The molecule has 2 N–H and O–H groups in total. The predicted octanol–water partition coefficient (Wildman–Crippen LogP) is 4.90. The topological polar surface area (TPSA) is 93.8 Å². The van der Waals surface area contributed by atoms with Gasteiger partial charge in [0.25, 0.3) is 5.89 Å². The first-order chi connectivity index (χ1) is 15.2. The maximum absolute atomic E-state index is 5.64. The van der Waals surface area contributed by atoms with Crippen molar-refractivity contribution in [2.24, 2.45) is 4.99 Å². The van der Waals surface area contributed by atoms with Crippen LogP contribution in [0, 0.1) is 0 Å². The van der Waals surface area contributed by atoms with Crippen LogP contribution in [-0.4, -0.2) is 36.9 Å². The van der Waals surface area contributed by atoms with Gasteiger partial charge in [-0.1, -0.05) is 24.2 Å². The molecule has 0 radical (unpaired) electrons. The number of nitrogens with one attached hydrogen (secondary N) is 2. The average Bonchev–Trinajstić information content (AvgIpc) is 3.26. The number of nitrogens with zero attached hydrogens (tertiary/aromatic N) is 3. The van der Waals surface area contributed by atoms with E-state index in [1.54, 1.807) is 14.2 Å². The van der Waals surface area contributed by atoms with E-state index >= 15 is 0 Å². The molecule has 0 atom stereocenters. The van der Waals surface area contributed by atoms with Gasteiger partial charge in [0.05, 0.1) is 13.7 Å². The monoisotopic (exact) mass is 551 g/mol. The number of rotatable bonds is 9. The fraction of sp³-hybridized carbons (Fsp3) is 0.348. The van der Waals surface area contributed by atoms with Crippen LogP contribution < -0.4 is 20.1 Å². The first kappa shape index (κ1) is 25.4. The Hall–Kier alpha value is -2.82. The van der Waals surface area contributed by atoms with E-state index in [0.29, 0.717) is 36.5 Å². The van der Waals surface area contributed by atoms with Crippen LogP contribution in [0.5, 0.6) is 11.5 Å². The van der Waals surface area contributed by atoms with E-state index < -0.39 is 0 Å². The van der Waals surface area contributed by atoms with E-state index in [9.17, 15) is 0 Å². The summed E-state index contributed by atoms with van der Waals surface area (Å²) in [5.74, 6) is 3.28. The molecule has 1 heterocycles. The molecule has 0 unspecified atom stereocenters. The van der Waals surface area contributed by atoms with Gasteiger partial charge in [0.1, 0.15) is 0 Å². The number of benzene rings is 2. The normalized spacial score (nSPS) is 10.9. The molecule has 0 saturated heterocycles. The Morgan fingerprint density at radius 2 is 1.97 bits per heavy atom. The minimum atomic E-state index is 0. The highest BCUT2D eigenvalue weighted by atomic mass is 127. The van der Waals surface area contributed by atoms with E-state index in [1.807, 2.05) is 49.4 Å². The molecular weight excluding hydrogens is 521 g/mol. The van der Waals surface area contributed by atoms with Crippen molar-refractivity contribution in [3.8, 4) is 23.0 Å². The van der Waals surface area contributed by atoms with Gasteiger partial charge in [-0.05, 0) is 43.2 Å². The Balaban J connectivity index is 0.00000363. The predicted molar refractivity (Wildman–Crippen MR) is 137 cm³/mol. The minimum absolute atomic E-state index is 0. The molecule has 1 aromatic heterocycles. The van der Waals surface area contributed by atoms with Crippen molar-refractivity contribution in [2.45, 2.75) is 33.2 Å². The van der Waals surface area contributed by atoms with E-state index in [2.05, 4.69) is 32.7 Å². The molecule has 0 aliphatic heterocycles. The molecule has 32 heavy (non-hydrogen) atoms. The Kier molecular flexibility index (Phi) is 10.3. The zero-order valence-corrected chi connectivity index (χ0v) is 21.2. The van der Waals surface area contributed by atoms with Crippen molar-refractivity contribution in [3.05, 3.63) is 53.9 Å². The van der Waals surface area contributed by atoms with Gasteiger partial charge in [0, 0.05) is 37.3 Å². The standard InChI is InChI=1S/C23H29N5O3.HI/c1-5-8-21-27-22(31-28-21)17-10-7-9-16(13-17)15-25-23(24-3)26-18-11-12-19(29-4)20(14-18)30-6-2;/h7,9-14H,5-6,8,15H2,1-4H3,(H2,24,25,26);1H. The third kappa shape index (κ3) is 6.84. The molecule has 3 aromatic rings. The molecule has 0 aliphatic rings. The van der Waals surface area contributed by atoms with Crippen LogP contribution in [0.2, 0.25) is 0 Å². The molecule has 0 fully saturated rings. The van der Waals surface area contributed by atoms with Crippen LogP contribution in [0.1, 0.15) is 31.7 Å². The van der Waals surface area contributed by atoms with Crippen LogP contribution >= 0.6 is 24.0 Å². The quantitative estimate of drug-likeness (QED) is 0.222. The highest BCUT2D eigenvalue weighted by molar-refractivity contribution is 14.0. The average molecular weight is 551 g/mol. The Morgan fingerprint density at radius 3 is 2.69 bits per heavy atom. The summed E-state index contributed by atoms with van der Waals surface area (Å²) in [6.45, 7) is 5.17. The van der Waals surface area contributed by atoms with Crippen LogP contribution in [0.15, 0.2) is 52.0 Å². The van der Waals surface area contributed by atoms with Crippen LogP contribution in [0.3, 0.4) is 0 Å². The first-order valence-corrected chi connectivity index (χ1v) is 10.4. The molecule has 2 aromatic carbocycles. The van der Waals surface area contributed by atoms with E-state index in [-0.39, 0.29) is 24.0 Å². The molecule has 0 spiro atoms. The van der Waals surface area contributed by atoms with Gasteiger partial charge < -0.3 is 24.6 Å². The van der Waals surface area contributed by atoms with Gasteiger partial charge in [-0.15, -0.1) is 24.0 Å². The fourth-order valence-electron chi connectivity index (χ4n) is 3.04. The summed E-state index contributed by atoms with van der Waals surface area (Å²) in [4.78, 5) is 8.76. The van der Waals surface area contributed by atoms with Crippen molar-refractivity contribution in [2.75, 3.05) is 26.1 Å². The fourth-order valence-corrected chi connectivity index (χ4v) is 3.04. The lowest BCUT2D eigenvalue weighted by molar-refractivity contribution is 0.311. The number of aliphatic imine (C=N–C) groups is 1. The second-order valence-corrected chi connectivity index (χ2v) is 6.82. The SMILES string of the molecule is CCCc1noc(-c2cccc(CNC(=NC)Nc3ccc(OC)c(OCC)c3)c2)n1.I. The number of anilines is 1. The second-order valence-electron chi connectivity index (χ2n) is 6.82. The van der Waals surface area contributed by atoms with Crippen LogP contribution in [0.4, 0.5) is 5.69 Å². The number of ether oxygens (including phenoxy) is 2. The van der Waals surface area contributed by atoms with Crippen molar-refractivity contribution in [1.82, 2.24) is 15.5 Å². The molecule has 9 heteroatoms. The van der Waals surface area contributed by atoms with Crippen molar-refractivity contribution in [3.63, 3.8) is 0 Å². The number of aryl methyl sites for hydroxylation is 1. The highest BCUT2D eigenvalue weighted by Crippen LogP contribution is 2.30. The largest absolute Gasteiger partial charge is 0.493 e. The summed E-state index contributed by atoms with van der Waals surface area (Å²) >= 11 is 0. The minimum Gasteiger partial charge on any atom is -0.493 e. The van der Waals surface area contributed by atoms with E-state index in [1.165, 1.54) is 0 Å². The zero-order chi connectivity index (χ0) is 22.1. The number of aromatic nitrogens is 2. The summed E-state index contributed by atoms with van der Waals surface area (Å²) in [7, 11) is 3.35.